The number of aliphatic hydroxyl groups is 1. The Morgan fingerprint density at radius 2 is 2.11 bits per heavy atom. The van der Waals surface area contributed by atoms with Crippen LogP contribution in [0, 0.1) is 0 Å². The summed E-state index contributed by atoms with van der Waals surface area (Å²) in [6.45, 7) is 7.26. The van der Waals surface area contributed by atoms with Crippen molar-refractivity contribution in [3.05, 3.63) is 35.2 Å². The predicted molar refractivity (Wildman–Crippen MR) is 73.2 cm³/mol. The van der Waals surface area contributed by atoms with Crippen LogP contribution in [0.15, 0.2) is 29.5 Å². The van der Waals surface area contributed by atoms with E-state index in [1.54, 1.807) is 4.68 Å². The number of rotatable bonds is 7. The molecule has 0 unspecified atom stereocenters. The van der Waals surface area contributed by atoms with Gasteiger partial charge in [0.25, 0.3) is 0 Å². The molecule has 18 heavy (non-hydrogen) atoms. The van der Waals surface area contributed by atoms with Gasteiger partial charge in [-0.2, -0.15) is 0 Å². The minimum absolute atomic E-state index is 0.121. The van der Waals surface area contributed by atoms with Crippen molar-refractivity contribution >= 4 is 0 Å². The Morgan fingerprint density at radius 3 is 2.78 bits per heavy atom. The fourth-order valence-electron chi connectivity index (χ4n) is 1.60. The average Bonchev–Trinajstić information content (AvgIpc) is 2.74. The van der Waals surface area contributed by atoms with Crippen molar-refractivity contribution in [2.45, 2.75) is 46.6 Å². The topological polar surface area (TPSA) is 50.9 Å². The van der Waals surface area contributed by atoms with Crippen LogP contribution in [0.5, 0.6) is 0 Å². The molecule has 1 rings (SSSR count). The monoisotopic (exact) mass is 249 g/mol. The molecule has 4 nitrogen and oxygen atoms in total. The SMILES string of the molecule is CC(C)=CCCC(C)=CCn1cc(CCO)nn1. The van der Waals surface area contributed by atoms with Gasteiger partial charge in [-0.1, -0.05) is 28.5 Å². The molecule has 100 valence electrons. The second-order valence-corrected chi connectivity index (χ2v) is 4.78. The zero-order valence-corrected chi connectivity index (χ0v) is 11.6. The van der Waals surface area contributed by atoms with Gasteiger partial charge < -0.3 is 5.11 Å². The molecular formula is C14H23N3O. The Hall–Kier alpha value is -1.42. The van der Waals surface area contributed by atoms with E-state index in [1.807, 2.05) is 6.20 Å². The van der Waals surface area contributed by atoms with E-state index in [-0.39, 0.29) is 6.61 Å². The lowest BCUT2D eigenvalue weighted by Crippen LogP contribution is -1.96. The lowest BCUT2D eigenvalue weighted by Gasteiger charge is -1.99. The lowest BCUT2D eigenvalue weighted by molar-refractivity contribution is 0.298. The van der Waals surface area contributed by atoms with Crippen LogP contribution in [0.4, 0.5) is 0 Å². The first-order valence-corrected chi connectivity index (χ1v) is 6.40. The van der Waals surface area contributed by atoms with Crippen molar-refractivity contribution in [2.75, 3.05) is 6.61 Å². The summed E-state index contributed by atoms with van der Waals surface area (Å²) in [7, 11) is 0. The molecule has 0 bridgehead atoms. The summed E-state index contributed by atoms with van der Waals surface area (Å²) in [6, 6.07) is 0. The van der Waals surface area contributed by atoms with Gasteiger partial charge in [0.2, 0.25) is 0 Å². The number of nitrogens with zero attached hydrogens (tertiary/aromatic N) is 3. The summed E-state index contributed by atoms with van der Waals surface area (Å²) < 4.78 is 1.80. The van der Waals surface area contributed by atoms with Crippen molar-refractivity contribution in [3.63, 3.8) is 0 Å². The van der Waals surface area contributed by atoms with Crippen LogP contribution in [-0.2, 0) is 13.0 Å². The molecule has 0 aliphatic heterocycles. The summed E-state index contributed by atoms with van der Waals surface area (Å²) >= 11 is 0. The molecule has 0 aliphatic carbocycles. The predicted octanol–water partition coefficient (Wildman–Crippen LogP) is 2.51. The Balaban J connectivity index is 2.39. The molecule has 0 fully saturated rings. The van der Waals surface area contributed by atoms with Crippen LogP contribution in [-0.4, -0.2) is 26.7 Å². The largest absolute Gasteiger partial charge is 0.396 e. The van der Waals surface area contributed by atoms with E-state index in [9.17, 15) is 0 Å². The summed E-state index contributed by atoms with van der Waals surface area (Å²) in [6.07, 6.45) is 9.07. The van der Waals surface area contributed by atoms with Gasteiger partial charge in [0.1, 0.15) is 0 Å². The molecule has 0 aromatic carbocycles. The Kier molecular flexibility index (Phi) is 6.36. The van der Waals surface area contributed by atoms with Crippen molar-refractivity contribution < 1.29 is 5.11 Å². The minimum atomic E-state index is 0.121. The number of aromatic nitrogens is 3. The van der Waals surface area contributed by atoms with Crippen LogP contribution in [0.25, 0.3) is 0 Å². The molecule has 1 aromatic heterocycles. The Morgan fingerprint density at radius 1 is 1.33 bits per heavy atom. The number of aliphatic hydroxyl groups excluding tert-OH is 1. The molecule has 0 radical (unpaired) electrons. The van der Waals surface area contributed by atoms with E-state index >= 15 is 0 Å². The third-order valence-electron chi connectivity index (χ3n) is 2.67. The maximum absolute atomic E-state index is 8.79. The van der Waals surface area contributed by atoms with Crippen molar-refractivity contribution in [1.82, 2.24) is 15.0 Å². The van der Waals surface area contributed by atoms with Crippen LogP contribution in [0.2, 0.25) is 0 Å². The molecule has 0 amide bonds. The summed E-state index contributed by atoms with van der Waals surface area (Å²) in [4.78, 5) is 0. The summed E-state index contributed by atoms with van der Waals surface area (Å²) in [5, 5.41) is 16.8. The normalized spacial score (nSPS) is 11.7. The molecule has 1 aromatic rings. The van der Waals surface area contributed by atoms with Gasteiger partial charge in [0.15, 0.2) is 0 Å². The second-order valence-electron chi connectivity index (χ2n) is 4.78. The number of hydrogen-bond acceptors (Lipinski definition) is 3. The molecule has 1 N–H and O–H groups in total. The van der Waals surface area contributed by atoms with E-state index in [0.717, 1.165) is 25.1 Å². The maximum Gasteiger partial charge on any atom is 0.0850 e. The molecular weight excluding hydrogens is 226 g/mol. The van der Waals surface area contributed by atoms with Crippen LogP contribution in [0.1, 0.15) is 39.3 Å². The van der Waals surface area contributed by atoms with Gasteiger partial charge >= 0.3 is 0 Å². The fraction of sp³-hybridized carbons (Fsp3) is 0.571. The van der Waals surface area contributed by atoms with E-state index in [4.69, 9.17) is 5.11 Å². The Bertz CT molecular complexity index is 414. The van der Waals surface area contributed by atoms with Crippen LogP contribution < -0.4 is 0 Å². The number of allylic oxidation sites excluding steroid dienone is 4. The minimum Gasteiger partial charge on any atom is -0.396 e. The van der Waals surface area contributed by atoms with Crippen molar-refractivity contribution in [3.8, 4) is 0 Å². The third-order valence-corrected chi connectivity index (χ3v) is 2.67. The van der Waals surface area contributed by atoms with Crippen LogP contribution >= 0.6 is 0 Å². The lowest BCUT2D eigenvalue weighted by atomic mass is 10.1. The highest BCUT2D eigenvalue weighted by Gasteiger charge is 1.98. The van der Waals surface area contributed by atoms with E-state index in [0.29, 0.717) is 6.42 Å². The van der Waals surface area contributed by atoms with Gasteiger partial charge in [-0.3, -0.25) is 0 Å². The van der Waals surface area contributed by atoms with Gasteiger partial charge in [-0.25, -0.2) is 4.68 Å². The van der Waals surface area contributed by atoms with E-state index < -0.39 is 0 Å². The molecule has 0 atom stereocenters. The first-order chi connectivity index (χ1) is 8.61. The summed E-state index contributed by atoms with van der Waals surface area (Å²) in [5.74, 6) is 0. The third kappa shape index (κ3) is 5.77. The first kappa shape index (κ1) is 14.6. The zero-order chi connectivity index (χ0) is 13.4. The van der Waals surface area contributed by atoms with Crippen molar-refractivity contribution in [2.24, 2.45) is 0 Å². The molecule has 4 heteroatoms. The van der Waals surface area contributed by atoms with Crippen molar-refractivity contribution in [1.29, 1.82) is 0 Å². The Labute approximate surface area is 109 Å². The van der Waals surface area contributed by atoms with Gasteiger partial charge in [0.05, 0.1) is 12.2 Å². The summed E-state index contributed by atoms with van der Waals surface area (Å²) in [5.41, 5.74) is 3.58. The van der Waals surface area contributed by atoms with Gasteiger partial charge in [-0.15, -0.1) is 5.10 Å². The van der Waals surface area contributed by atoms with Crippen LogP contribution in [0.3, 0.4) is 0 Å². The average molecular weight is 249 g/mol. The first-order valence-electron chi connectivity index (χ1n) is 6.40. The number of hydrogen-bond donors (Lipinski definition) is 1. The maximum atomic E-state index is 8.79. The highest BCUT2D eigenvalue weighted by molar-refractivity contribution is 5.02. The standard InChI is InChI=1S/C14H23N3O/c1-12(2)5-4-6-13(3)7-9-17-11-14(8-10-18)15-16-17/h5,7,11,18H,4,6,8-10H2,1-3H3. The highest BCUT2D eigenvalue weighted by atomic mass is 16.3. The quantitative estimate of drug-likeness (QED) is 0.755. The molecule has 1 heterocycles. The smallest absolute Gasteiger partial charge is 0.0850 e. The molecule has 0 saturated carbocycles. The van der Waals surface area contributed by atoms with Gasteiger partial charge in [0, 0.05) is 19.2 Å². The fourth-order valence-corrected chi connectivity index (χ4v) is 1.60. The second kappa shape index (κ2) is 7.82. The zero-order valence-electron chi connectivity index (χ0n) is 11.6. The highest BCUT2D eigenvalue weighted by Crippen LogP contribution is 2.07. The van der Waals surface area contributed by atoms with E-state index in [2.05, 4.69) is 43.2 Å². The molecule has 0 spiro atoms. The van der Waals surface area contributed by atoms with Gasteiger partial charge in [-0.05, 0) is 33.6 Å². The van der Waals surface area contributed by atoms with E-state index in [1.165, 1.54) is 11.1 Å². The molecule has 0 saturated heterocycles. The molecule has 0 aliphatic rings.